The molecule has 7 nitrogen and oxygen atoms in total. The Morgan fingerprint density at radius 3 is 2.19 bits per heavy atom. The van der Waals surface area contributed by atoms with Gasteiger partial charge in [0.2, 0.25) is 5.91 Å². The third-order valence-corrected chi connectivity index (χ3v) is 7.89. The van der Waals surface area contributed by atoms with Crippen molar-refractivity contribution < 1.29 is 14.3 Å². The second-order valence-electron chi connectivity index (χ2n) is 11.7. The topological polar surface area (TPSA) is 77.7 Å². The number of para-hydroxylation sites is 2. The van der Waals surface area contributed by atoms with Gasteiger partial charge in [0, 0.05) is 56.1 Å². The van der Waals surface area contributed by atoms with Crippen LogP contribution < -0.4 is 5.32 Å². The summed E-state index contributed by atoms with van der Waals surface area (Å²) in [6, 6.07) is 24.1. The highest BCUT2D eigenvalue weighted by Crippen LogP contribution is 2.32. The Labute approximate surface area is 256 Å². The van der Waals surface area contributed by atoms with E-state index >= 15 is 0 Å². The second-order valence-corrected chi connectivity index (χ2v) is 11.7. The maximum absolute atomic E-state index is 14.0. The van der Waals surface area contributed by atoms with E-state index in [0.717, 1.165) is 27.9 Å². The number of H-pyrrole nitrogens is 1. The molecule has 0 unspecified atom stereocenters. The first-order valence-electron chi connectivity index (χ1n) is 15.3. The van der Waals surface area contributed by atoms with E-state index in [0.29, 0.717) is 39.1 Å². The molecule has 0 saturated heterocycles. The Morgan fingerprint density at radius 2 is 1.51 bits per heavy atom. The van der Waals surface area contributed by atoms with Gasteiger partial charge in [0.05, 0.1) is 0 Å². The smallest absolute Gasteiger partial charge is 0.322 e. The van der Waals surface area contributed by atoms with E-state index in [1.54, 1.807) is 12.0 Å². The van der Waals surface area contributed by atoms with Crippen LogP contribution in [-0.4, -0.2) is 60.1 Å². The van der Waals surface area contributed by atoms with Crippen LogP contribution in [0, 0.1) is 0 Å². The van der Waals surface area contributed by atoms with Crippen molar-refractivity contribution in [1.29, 1.82) is 0 Å². The normalized spacial score (nSPS) is 11.3. The van der Waals surface area contributed by atoms with E-state index < -0.39 is 0 Å². The molecule has 7 heteroatoms. The predicted molar refractivity (Wildman–Crippen MR) is 176 cm³/mol. The molecule has 0 aliphatic heterocycles. The number of carbonyl (C=O) groups excluding carboxylic acids is 2. The quantitative estimate of drug-likeness (QED) is 0.151. The molecule has 0 saturated carbocycles. The maximum Gasteiger partial charge on any atom is 0.322 e. The van der Waals surface area contributed by atoms with Crippen LogP contribution in [-0.2, 0) is 22.5 Å². The van der Waals surface area contributed by atoms with Gasteiger partial charge in [-0.05, 0) is 53.0 Å². The highest BCUT2D eigenvalue weighted by atomic mass is 16.5. The number of benzene rings is 3. The number of anilines is 1. The van der Waals surface area contributed by atoms with Crippen molar-refractivity contribution in [1.82, 2.24) is 14.8 Å². The number of ether oxygens (including phenoxy) is 1. The first-order valence-corrected chi connectivity index (χ1v) is 15.3. The SMILES string of the molecule is COCCCN(CC(=O)N(CCc1c[nH]c2ccccc12)Cc1ccccc1)C(=O)Nc1c(C(C)C)cccc1C(C)C. The number of urea groups is 1. The number of hydrogen-bond acceptors (Lipinski definition) is 3. The minimum absolute atomic E-state index is 0.0167. The number of rotatable bonds is 14. The van der Waals surface area contributed by atoms with Crippen LogP contribution in [0.25, 0.3) is 10.9 Å². The second kappa shape index (κ2) is 15.4. The molecule has 228 valence electrons. The summed E-state index contributed by atoms with van der Waals surface area (Å²) in [5.41, 5.74) is 6.34. The number of fused-ring (bicyclic) bond motifs is 1. The summed E-state index contributed by atoms with van der Waals surface area (Å²) >= 11 is 0. The number of nitrogens with one attached hydrogen (secondary N) is 2. The lowest BCUT2D eigenvalue weighted by molar-refractivity contribution is -0.132. The minimum Gasteiger partial charge on any atom is -0.385 e. The summed E-state index contributed by atoms with van der Waals surface area (Å²) < 4.78 is 5.28. The first kappa shape index (κ1) is 31.8. The Balaban J connectivity index is 1.56. The number of carbonyl (C=O) groups is 2. The van der Waals surface area contributed by atoms with Crippen molar-refractivity contribution in [2.24, 2.45) is 0 Å². The van der Waals surface area contributed by atoms with Gasteiger partial charge in [0.1, 0.15) is 6.54 Å². The van der Waals surface area contributed by atoms with Gasteiger partial charge in [-0.15, -0.1) is 0 Å². The van der Waals surface area contributed by atoms with Crippen LogP contribution in [0.2, 0.25) is 0 Å². The van der Waals surface area contributed by atoms with Gasteiger partial charge in [-0.3, -0.25) is 4.79 Å². The molecule has 1 heterocycles. The molecule has 0 aliphatic rings. The molecular formula is C36H46N4O3. The minimum atomic E-state index is -0.268. The molecule has 3 aromatic carbocycles. The van der Waals surface area contributed by atoms with Crippen molar-refractivity contribution in [3.8, 4) is 0 Å². The molecule has 0 bridgehead atoms. The summed E-state index contributed by atoms with van der Waals surface area (Å²) in [7, 11) is 1.65. The molecular weight excluding hydrogens is 536 g/mol. The Bertz CT molecular complexity index is 1450. The lowest BCUT2D eigenvalue weighted by atomic mass is 9.93. The average molecular weight is 583 g/mol. The average Bonchev–Trinajstić information content (AvgIpc) is 3.42. The molecule has 2 N–H and O–H groups in total. The van der Waals surface area contributed by atoms with Gasteiger partial charge in [-0.1, -0.05) is 94.4 Å². The Hall–Kier alpha value is -4.10. The Kier molecular flexibility index (Phi) is 11.4. The van der Waals surface area contributed by atoms with E-state index in [1.807, 2.05) is 53.6 Å². The molecule has 0 aliphatic carbocycles. The fraction of sp³-hybridized carbons (Fsp3) is 0.389. The van der Waals surface area contributed by atoms with Crippen LogP contribution in [0.1, 0.15) is 68.2 Å². The number of hydrogen-bond donors (Lipinski definition) is 2. The largest absolute Gasteiger partial charge is 0.385 e. The molecule has 4 rings (SSSR count). The van der Waals surface area contributed by atoms with Crippen molar-refractivity contribution in [3.05, 3.63) is 101 Å². The molecule has 0 spiro atoms. The van der Waals surface area contributed by atoms with Crippen molar-refractivity contribution in [2.75, 3.05) is 38.7 Å². The predicted octanol–water partition coefficient (Wildman–Crippen LogP) is 7.56. The van der Waals surface area contributed by atoms with Crippen molar-refractivity contribution >= 4 is 28.5 Å². The highest BCUT2D eigenvalue weighted by Gasteiger charge is 2.24. The van der Waals surface area contributed by atoms with E-state index in [9.17, 15) is 9.59 Å². The molecule has 0 fully saturated rings. The van der Waals surface area contributed by atoms with Gasteiger partial charge >= 0.3 is 6.03 Å². The van der Waals surface area contributed by atoms with Gasteiger partial charge in [-0.25, -0.2) is 4.79 Å². The first-order chi connectivity index (χ1) is 20.8. The monoisotopic (exact) mass is 582 g/mol. The van der Waals surface area contributed by atoms with E-state index in [4.69, 9.17) is 4.74 Å². The third kappa shape index (κ3) is 8.48. The summed E-state index contributed by atoms with van der Waals surface area (Å²) in [4.78, 5) is 34.7. The van der Waals surface area contributed by atoms with Crippen LogP contribution in [0.3, 0.4) is 0 Å². The fourth-order valence-corrected chi connectivity index (χ4v) is 5.49. The lowest BCUT2D eigenvalue weighted by Crippen LogP contribution is -2.45. The summed E-state index contributed by atoms with van der Waals surface area (Å²) in [5.74, 6) is 0.393. The number of aromatic nitrogens is 1. The van der Waals surface area contributed by atoms with Crippen LogP contribution in [0.5, 0.6) is 0 Å². The number of amides is 3. The number of aromatic amines is 1. The summed E-state index contributed by atoms with van der Waals surface area (Å²) in [6.45, 7) is 10.4. The molecule has 43 heavy (non-hydrogen) atoms. The fourth-order valence-electron chi connectivity index (χ4n) is 5.49. The lowest BCUT2D eigenvalue weighted by Gasteiger charge is -2.29. The van der Waals surface area contributed by atoms with Crippen LogP contribution >= 0.6 is 0 Å². The third-order valence-electron chi connectivity index (χ3n) is 7.89. The van der Waals surface area contributed by atoms with Gasteiger partial charge in [0.25, 0.3) is 0 Å². The van der Waals surface area contributed by atoms with Crippen LogP contribution in [0.4, 0.5) is 10.5 Å². The Morgan fingerprint density at radius 1 is 0.837 bits per heavy atom. The maximum atomic E-state index is 14.0. The standard InChI is InChI=1S/C36H46N4O3/c1-26(2)30-16-11-17-31(27(3)4)35(30)38-36(42)40(20-12-22-43-5)25-34(41)39(24-28-13-7-6-8-14-28)21-19-29-23-37-33-18-10-9-15-32(29)33/h6-11,13-18,23,26-27,37H,12,19-22,24-25H2,1-5H3,(H,38,42). The molecule has 3 amide bonds. The number of nitrogens with zero attached hydrogens (tertiary/aromatic N) is 2. The number of methoxy groups -OCH3 is 1. The van der Waals surface area contributed by atoms with Gasteiger partial charge in [-0.2, -0.15) is 0 Å². The highest BCUT2D eigenvalue weighted by molar-refractivity contribution is 5.94. The molecule has 0 atom stereocenters. The molecule has 4 aromatic rings. The molecule has 0 radical (unpaired) electrons. The van der Waals surface area contributed by atoms with Crippen molar-refractivity contribution in [3.63, 3.8) is 0 Å². The van der Waals surface area contributed by atoms with Gasteiger partial charge in [0.15, 0.2) is 0 Å². The van der Waals surface area contributed by atoms with E-state index in [-0.39, 0.29) is 30.3 Å². The van der Waals surface area contributed by atoms with Gasteiger partial charge < -0.3 is 24.8 Å². The molecule has 1 aromatic heterocycles. The zero-order valence-corrected chi connectivity index (χ0v) is 26.2. The summed E-state index contributed by atoms with van der Waals surface area (Å²) in [5, 5.41) is 4.38. The van der Waals surface area contributed by atoms with Crippen LogP contribution in [0.15, 0.2) is 79.0 Å². The zero-order valence-electron chi connectivity index (χ0n) is 26.2. The van der Waals surface area contributed by atoms with Crippen molar-refractivity contribution in [2.45, 2.75) is 58.9 Å². The summed E-state index contributed by atoms with van der Waals surface area (Å²) in [6.07, 6.45) is 3.37. The van der Waals surface area contributed by atoms with E-state index in [1.165, 1.54) is 10.9 Å². The van der Waals surface area contributed by atoms with E-state index in [2.05, 4.69) is 68.3 Å². The zero-order chi connectivity index (χ0) is 30.8.